The predicted molar refractivity (Wildman–Crippen MR) is 160 cm³/mol. The average Bonchev–Trinajstić information content (AvgIpc) is 3.29. The van der Waals surface area contributed by atoms with Gasteiger partial charge in [0.2, 0.25) is 5.91 Å². The van der Waals surface area contributed by atoms with Crippen LogP contribution in [0.25, 0.3) is 0 Å². The maximum atomic E-state index is 10.9. The van der Waals surface area contributed by atoms with Gasteiger partial charge in [0.05, 0.1) is 17.8 Å². The van der Waals surface area contributed by atoms with Crippen molar-refractivity contribution in [2.24, 2.45) is 10.7 Å². The van der Waals surface area contributed by atoms with Crippen LogP contribution >= 0.6 is 0 Å². The SMILES string of the molecule is C/C=C\C(N)=NC(=O)CCC.C=C/C(C(=C)CC)=C(\C=C/C)C(=O)O.CC.CCCCC1CCC(C)O1. The lowest BCUT2D eigenvalue weighted by atomic mass is 9.99. The molecule has 6 heteroatoms. The number of allylic oxidation sites excluding steroid dienone is 5. The Balaban J connectivity index is -0.000000459. The van der Waals surface area contributed by atoms with Crippen LogP contribution in [-0.4, -0.2) is 35.0 Å². The molecule has 0 radical (unpaired) electrons. The smallest absolute Gasteiger partial charge is 0.336 e. The molecule has 0 aromatic carbocycles. The number of carboxylic acids is 1. The van der Waals surface area contributed by atoms with E-state index < -0.39 is 5.97 Å². The third kappa shape index (κ3) is 21.1. The fourth-order valence-corrected chi connectivity index (χ4v) is 3.23. The molecule has 1 heterocycles. The molecule has 0 spiro atoms. The van der Waals surface area contributed by atoms with Crippen LogP contribution in [0.2, 0.25) is 0 Å². The number of nitrogens with zero attached hydrogens (tertiary/aromatic N) is 1. The summed E-state index contributed by atoms with van der Waals surface area (Å²) in [6, 6.07) is 0. The second-order valence-electron chi connectivity index (χ2n) is 8.26. The number of amides is 1. The van der Waals surface area contributed by atoms with E-state index in [0.717, 1.165) is 18.4 Å². The number of aliphatic imine (C=N–C) groups is 1. The number of unbranched alkanes of at least 4 members (excludes halogenated alkanes) is 1. The first-order valence-electron chi connectivity index (χ1n) is 13.7. The minimum Gasteiger partial charge on any atom is -0.478 e. The molecular formula is C31H54N2O4. The molecule has 37 heavy (non-hydrogen) atoms. The second-order valence-corrected chi connectivity index (χ2v) is 8.26. The van der Waals surface area contributed by atoms with E-state index in [1.165, 1.54) is 38.2 Å². The standard InChI is InChI=1S/C12H16O2.C9H18O.C8H14N2O.C2H6/c1-5-8-11(12(13)14)10(7-3)9(4)6-2;1-3-4-5-9-7-6-8(2)10-9;1-3-5-7(9)10-8(11)6-4-2;1-2/h5,7-8H,3-4,6H2,1-2H3,(H,13,14);8-9H,3-7H2,1-2H3;3,5H,4,6H2,1-2H3,(H2,9,10,11);1-2H3/b8-5-,11-10-;;5-3-;. The highest BCUT2D eigenvalue weighted by atomic mass is 16.5. The molecule has 1 fully saturated rings. The first kappa shape index (κ1) is 38.8. The van der Waals surface area contributed by atoms with E-state index in [0.29, 0.717) is 24.2 Å². The van der Waals surface area contributed by atoms with Gasteiger partial charge in [-0.25, -0.2) is 4.79 Å². The molecule has 0 aromatic heterocycles. The summed E-state index contributed by atoms with van der Waals surface area (Å²) < 4.78 is 5.66. The van der Waals surface area contributed by atoms with E-state index in [-0.39, 0.29) is 17.3 Å². The van der Waals surface area contributed by atoms with Gasteiger partial charge in [0.1, 0.15) is 5.84 Å². The summed E-state index contributed by atoms with van der Waals surface area (Å²) in [5.74, 6) is -0.818. The van der Waals surface area contributed by atoms with Crippen molar-refractivity contribution in [3.8, 4) is 0 Å². The fourth-order valence-electron chi connectivity index (χ4n) is 3.23. The molecule has 212 valence electrons. The molecule has 0 aliphatic carbocycles. The maximum Gasteiger partial charge on any atom is 0.336 e. The number of carbonyl (C=O) groups excluding carboxylic acids is 1. The predicted octanol–water partition coefficient (Wildman–Crippen LogP) is 8.11. The Hall–Kier alpha value is -2.73. The summed E-state index contributed by atoms with van der Waals surface area (Å²) in [5.41, 5.74) is 7.00. The molecule has 3 N–H and O–H groups in total. The molecule has 0 bridgehead atoms. The quantitative estimate of drug-likeness (QED) is 0.124. The van der Waals surface area contributed by atoms with Gasteiger partial charge in [-0.05, 0) is 70.1 Å². The number of ether oxygens (including phenoxy) is 1. The van der Waals surface area contributed by atoms with Crippen molar-refractivity contribution in [2.45, 2.75) is 119 Å². The summed E-state index contributed by atoms with van der Waals surface area (Å²) in [7, 11) is 0. The van der Waals surface area contributed by atoms with Gasteiger partial charge in [-0.1, -0.05) is 84.9 Å². The Bertz CT molecular complexity index is 776. The molecule has 2 atom stereocenters. The van der Waals surface area contributed by atoms with Crippen LogP contribution in [0, 0.1) is 0 Å². The van der Waals surface area contributed by atoms with Crippen LogP contribution in [0.1, 0.15) is 107 Å². The van der Waals surface area contributed by atoms with Gasteiger partial charge in [0.15, 0.2) is 0 Å². The Morgan fingerprint density at radius 3 is 2.03 bits per heavy atom. The topological polar surface area (TPSA) is 102 Å². The van der Waals surface area contributed by atoms with Gasteiger partial charge in [-0.3, -0.25) is 4.79 Å². The lowest BCUT2D eigenvalue weighted by Gasteiger charge is -2.08. The molecule has 0 saturated carbocycles. The summed E-state index contributed by atoms with van der Waals surface area (Å²) in [5, 5.41) is 8.95. The highest BCUT2D eigenvalue weighted by Crippen LogP contribution is 2.22. The number of hydrogen-bond acceptors (Lipinski definition) is 3. The Morgan fingerprint density at radius 2 is 1.65 bits per heavy atom. The van der Waals surface area contributed by atoms with Gasteiger partial charge in [-0.2, -0.15) is 4.99 Å². The number of nitrogens with two attached hydrogens (primary N) is 1. The number of hydrogen-bond donors (Lipinski definition) is 2. The zero-order valence-electron chi connectivity index (χ0n) is 24.8. The highest BCUT2D eigenvalue weighted by Gasteiger charge is 2.20. The van der Waals surface area contributed by atoms with Crippen molar-refractivity contribution in [2.75, 3.05) is 0 Å². The Kier molecular flexibility index (Phi) is 27.6. The van der Waals surface area contributed by atoms with Crippen molar-refractivity contribution in [3.05, 3.63) is 60.3 Å². The molecular weight excluding hydrogens is 464 g/mol. The number of aliphatic carboxylic acids is 1. The third-order valence-corrected chi connectivity index (χ3v) is 5.12. The number of amidine groups is 1. The van der Waals surface area contributed by atoms with Crippen LogP contribution in [0.4, 0.5) is 0 Å². The van der Waals surface area contributed by atoms with E-state index in [2.05, 4.69) is 32.0 Å². The average molecular weight is 519 g/mol. The molecule has 1 rings (SSSR count). The normalized spacial score (nSPS) is 17.5. The largest absolute Gasteiger partial charge is 0.478 e. The summed E-state index contributed by atoms with van der Waals surface area (Å²) in [6.07, 6.45) is 17.7. The van der Waals surface area contributed by atoms with Crippen molar-refractivity contribution < 1.29 is 19.4 Å². The maximum absolute atomic E-state index is 10.9. The van der Waals surface area contributed by atoms with Gasteiger partial charge >= 0.3 is 5.97 Å². The molecule has 1 aliphatic heterocycles. The zero-order chi connectivity index (χ0) is 29.2. The summed E-state index contributed by atoms with van der Waals surface area (Å²) in [4.78, 5) is 25.4. The summed E-state index contributed by atoms with van der Waals surface area (Å²) >= 11 is 0. The Labute approximate surface area is 227 Å². The molecule has 6 nitrogen and oxygen atoms in total. The van der Waals surface area contributed by atoms with E-state index in [4.69, 9.17) is 15.6 Å². The molecule has 1 saturated heterocycles. The molecule has 1 amide bonds. The van der Waals surface area contributed by atoms with Crippen LogP contribution in [0.5, 0.6) is 0 Å². The molecule has 2 unspecified atom stereocenters. The van der Waals surface area contributed by atoms with Crippen molar-refractivity contribution >= 4 is 17.7 Å². The van der Waals surface area contributed by atoms with E-state index in [1.807, 2.05) is 34.6 Å². The van der Waals surface area contributed by atoms with E-state index >= 15 is 0 Å². The first-order chi connectivity index (χ1) is 17.6. The zero-order valence-corrected chi connectivity index (χ0v) is 24.8. The lowest BCUT2D eigenvalue weighted by molar-refractivity contribution is -0.132. The third-order valence-electron chi connectivity index (χ3n) is 5.12. The lowest BCUT2D eigenvalue weighted by Crippen LogP contribution is -2.10. The van der Waals surface area contributed by atoms with Gasteiger partial charge in [0, 0.05) is 6.42 Å². The molecule has 1 aliphatic rings. The first-order valence-corrected chi connectivity index (χ1v) is 13.7. The van der Waals surface area contributed by atoms with Crippen molar-refractivity contribution in [3.63, 3.8) is 0 Å². The van der Waals surface area contributed by atoms with Crippen molar-refractivity contribution in [1.29, 1.82) is 0 Å². The van der Waals surface area contributed by atoms with E-state index in [1.54, 1.807) is 31.2 Å². The van der Waals surface area contributed by atoms with Gasteiger partial charge < -0.3 is 15.6 Å². The van der Waals surface area contributed by atoms with Crippen LogP contribution in [-0.2, 0) is 14.3 Å². The van der Waals surface area contributed by atoms with E-state index in [9.17, 15) is 9.59 Å². The minimum absolute atomic E-state index is 0.150. The number of rotatable bonds is 11. The Morgan fingerprint density at radius 1 is 1.05 bits per heavy atom. The minimum atomic E-state index is -0.951. The van der Waals surface area contributed by atoms with Crippen LogP contribution in [0.15, 0.2) is 65.2 Å². The van der Waals surface area contributed by atoms with Gasteiger partial charge in [0.25, 0.3) is 0 Å². The second kappa shape index (κ2) is 26.3. The highest BCUT2D eigenvalue weighted by molar-refractivity contribution is 5.99. The van der Waals surface area contributed by atoms with Crippen LogP contribution in [0.3, 0.4) is 0 Å². The van der Waals surface area contributed by atoms with Crippen molar-refractivity contribution in [1.82, 2.24) is 0 Å². The molecule has 0 aromatic rings. The number of carboxylic acid groups (broad SMARTS) is 1. The number of carbonyl (C=O) groups is 2. The fraction of sp³-hybridized carbons (Fsp3) is 0.581. The summed E-state index contributed by atoms with van der Waals surface area (Å²) in [6.45, 7) is 23.3. The van der Waals surface area contributed by atoms with Crippen LogP contribution < -0.4 is 5.73 Å². The van der Waals surface area contributed by atoms with Gasteiger partial charge in [-0.15, -0.1) is 0 Å². The monoisotopic (exact) mass is 518 g/mol.